The van der Waals surface area contributed by atoms with Gasteiger partial charge in [-0.1, -0.05) is 12.8 Å². The molecule has 6 heteroatoms. The number of carbonyl (C=O) groups is 2. The Kier molecular flexibility index (Phi) is 6.21. The van der Waals surface area contributed by atoms with Crippen LogP contribution in [0.15, 0.2) is 36.0 Å². The van der Waals surface area contributed by atoms with Gasteiger partial charge in [-0.3, -0.25) is 9.59 Å². The standard InChI is InChI=1S/C16H20N2O3S/c19-14(20)7-3-1-2-4-9-17-16(21)15-13(8-12-22-15)18-10-5-6-11-18/h5-6,8,10-12H,1-4,7,9H2,(H,17,21)(H,19,20). The van der Waals surface area contributed by atoms with E-state index in [0.717, 1.165) is 24.9 Å². The molecule has 5 nitrogen and oxygen atoms in total. The summed E-state index contributed by atoms with van der Waals surface area (Å²) in [6.45, 7) is 0.620. The summed E-state index contributed by atoms with van der Waals surface area (Å²) in [5.74, 6) is -0.798. The van der Waals surface area contributed by atoms with Crippen LogP contribution in [0.4, 0.5) is 0 Å². The predicted molar refractivity (Wildman–Crippen MR) is 86.7 cm³/mol. The van der Waals surface area contributed by atoms with Crippen LogP contribution in [-0.2, 0) is 4.79 Å². The highest BCUT2D eigenvalue weighted by molar-refractivity contribution is 7.12. The number of carboxylic acids is 1. The highest BCUT2D eigenvalue weighted by Crippen LogP contribution is 2.21. The van der Waals surface area contributed by atoms with E-state index in [1.807, 2.05) is 40.5 Å². The normalized spacial score (nSPS) is 10.5. The molecule has 2 rings (SSSR count). The van der Waals surface area contributed by atoms with Crippen LogP contribution in [-0.4, -0.2) is 28.1 Å². The molecule has 118 valence electrons. The second-order valence-corrected chi connectivity index (χ2v) is 5.96. The van der Waals surface area contributed by atoms with Crippen molar-refractivity contribution in [3.8, 4) is 5.69 Å². The molecule has 0 aliphatic carbocycles. The molecular weight excluding hydrogens is 300 g/mol. The summed E-state index contributed by atoms with van der Waals surface area (Å²) in [5.41, 5.74) is 0.897. The average Bonchev–Trinajstić information content (AvgIpc) is 3.15. The van der Waals surface area contributed by atoms with Crippen LogP contribution in [0.3, 0.4) is 0 Å². The van der Waals surface area contributed by atoms with Crippen LogP contribution in [0.2, 0.25) is 0 Å². The number of carbonyl (C=O) groups excluding carboxylic acids is 1. The Morgan fingerprint density at radius 1 is 1.14 bits per heavy atom. The van der Waals surface area contributed by atoms with E-state index < -0.39 is 5.97 Å². The van der Waals surface area contributed by atoms with Crippen molar-refractivity contribution in [2.45, 2.75) is 32.1 Å². The highest BCUT2D eigenvalue weighted by atomic mass is 32.1. The number of nitrogens with one attached hydrogen (secondary N) is 1. The van der Waals surface area contributed by atoms with E-state index in [4.69, 9.17) is 5.11 Å². The molecule has 0 fully saturated rings. The first-order valence-corrected chi connectivity index (χ1v) is 8.27. The molecule has 1 amide bonds. The number of aliphatic carboxylic acids is 1. The molecule has 0 saturated carbocycles. The van der Waals surface area contributed by atoms with E-state index in [0.29, 0.717) is 17.8 Å². The van der Waals surface area contributed by atoms with Crippen molar-refractivity contribution < 1.29 is 14.7 Å². The van der Waals surface area contributed by atoms with Crippen molar-refractivity contribution in [1.29, 1.82) is 0 Å². The van der Waals surface area contributed by atoms with Crippen molar-refractivity contribution >= 4 is 23.2 Å². The highest BCUT2D eigenvalue weighted by Gasteiger charge is 2.13. The lowest BCUT2D eigenvalue weighted by Gasteiger charge is -2.07. The van der Waals surface area contributed by atoms with Gasteiger partial charge >= 0.3 is 5.97 Å². The molecule has 22 heavy (non-hydrogen) atoms. The maximum Gasteiger partial charge on any atom is 0.303 e. The smallest absolute Gasteiger partial charge is 0.303 e. The third-order valence-electron chi connectivity index (χ3n) is 3.34. The molecule has 2 aromatic rings. The van der Waals surface area contributed by atoms with Gasteiger partial charge in [0, 0.05) is 25.4 Å². The fraction of sp³-hybridized carbons (Fsp3) is 0.375. The topological polar surface area (TPSA) is 71.3 Å². The minimum Gasteiger partial charge on any atom is -0.481 e. The van der Waals surface area contributed by atoms with Crippen molar-refractivity contribution in [2.75, 3.05) is 6.54 Å². The van der Waals surface area contributed by atoms with E-state index in [2.05, 4.69) is 5.32 Å². The molecule has 0 unspecified atom stereocenters. The molecule has 0 atom stereocenters. The molecule has 0 aromatic carbocycles. The van der Waals surface area contributed by atoms with Crippen molar-refractivity contribution in [2.24, 2.45) is 0 Å². The zero-order valence-corrected chi connectivity index (χ0v) is 13.1. The number of rotatable bonds is 9. The van der Waals surface area contributed by atoms with Gasteiger partial charge in [0.1, 0.15) is 4.88 Å². The summed E-state index contributed by atoms with van der Waals surface area (Å²) < 4.78 is 1.93. The van der Waals surface area contributed by atoms with Gasteiger partial charge < -0.3 is 15.0 Å². The Labute approximate surface area is 133 Å². The van der Waals surface area contributed by atoms with Crippen LogP contribution in [0.5, 0.6) is 0 Å². The molecule has 0 bridgehead atoms. The number of unbranched alkanes of at least 4 members (excludes halogenated alkanes) is 3. The maximum absolute atomic E-state index is 12.2. The van der Waals surface area contributed by atoms with Gasteiger partial charge in [0.05, 0.1) is 5.69 Å². The van der Waals surface area contributed by atoms with Crippen LogP contribution in [0, 0.1) is 0 Å². The Morgan fingerprint density at radius 3 is 2.59 bits per heavy atom. The lowest BCUT2D eigenvalue weighted by molar-refractivity contribution is -0.137. The first kappa shape index (κ1) is 16.3. The average molecular weight is 320 g/mol. The number of carboxylic acid groups (broad SMARTS) is 1. The first-order chi connectivity index (χ1) is 10.7. The molecule has 0 radical (unpaired) electrons. The molecule has 2 heterocycles. The Balaban J connectivity index is 1.72. The minimum atomic E-state index is -0.747. The summed E-state index contributed by atoms with van der Waals surface area (Å²) in [6.07, 6.45) is 7.45. The SMILES string of the molecule is O=C(O)CCCCCCNC(=O)c1sccc1-n1cccc1. The molecule has 0 saturated heterocycles. The zero-order chi connectivity index (χ0) is 15.8. The van der Waals surface area contributed by atoms with Crippen LogP contribution < -0.4 is 5.32 Å². The van der Waals surface area contributed by atoms with E-state index >= 15 is 0 Å². The Morgan fingerprint density at radius 2 is 1.86 bits per heavy atom. The summed E-state index contributed by atoms with van der Waals surface area (Å²) in [6, 6.07) is 5.79. The molecule has 0 aliphatic heterocycles. The van der Waals surface area contributed by atoms with Gasteiger partial charge in [-0.25, -0.2) is 0 Å². The Hall–Kier alpha value is -2.08. The van der Waals surface area contributed by atoms with Crippen molar-refractivity contribution in [1.82, 2.24) is 9.88 Å². The lowest BCUT2D eigenvalue weighted by atomic mass is 10.1. The Bertz CT molecular complexity index is 605. The molecule has 2 aromatic heterocycles. The fourth-order valence-corrected chi connectivity index (χ4v) is 3.01. The van der Waals surface area contributed by atoms with Gasteiger partial charge in [0.2, 0.25) is 0 Å². The van der Waals surface area contributed by atoms with Crippen LogP contribution >= 0.6 is 11.3 Å². The van der Waals surface area contributed by atoms with Gasteiger partial charge in [-0.15, -0.1) is 11.3 Å². The third-order valence-corrected chi connectivity index (χ3v) is 4.24. The second-order valence-electron chi connectivity index (χ2n) is 5.04. The van der Waals surface area contributed by atoms with Crippen molar-refractivity contribution in [3.05, 3.63) is 40.8 Å². The van der Waals surface area contributed by atoms with Crippen LogP contribution in [0.25, 0.3) is 5.69 Å². The monoisotopic (exact) mass is 320 g/mol. The molecule has 0 spiro atoms. The van der Waals surface area contributed by atoms with E-state index in [-0.39, 0.29) is 12.3 Å². The predicted octanol–water partition coefficient (Wildman–Crippen LogP) is 3.30. The number of amides is 1. The van der Waals surface area contributed by atoms with Crippen LogP contribution in [0.1, 0.15) is 41.8 Å². The van der Waals surface area contributed by atoms with E-state index in [1.165, 1.54) is 11.3 Å². The largest absolute Gasteiger partial charge is 0.481 e. The maximum atomic E-state index is 12.2. The number of hydrogen-bond acceptors (Lipinski definition) is 3. The van der Waals surface area contributed by atoms with Gasteiger partial charge in [0.15, 0.2) is 0 Å². The zero-order valence-electron chi connectivity index (χ0n) is 12.3. The molecular formula is C16H20N2O3S. The summed E-state index contributed by atoms with van der Waals surface area (Å²) in [5, 5.41) is 13.4. The second kappa shape index (κ2) is 8.38. The van der Waals surface area contributed by atoms with Gasteiger partial charge in [-0.05, 0) is 36.4 Å². The van der Waals surface area contributed by atoms with Crippen molar-refractivity contribution in [3.63, 3.8) is 0 Å². The van der Waals surface area contributed by atoms with E-state index in [1.54, 1.807) is 0 Å². The lowest BCUT2D eigenvalue weighted by Crippen LogP contribution is -2.24. The number of aromatic nitrogens is 1. The summed E-state index contributed by atoms with van der Waals surface area (Å²) in [7, 11) is 0. The quantitative estimate of drug-likeness (QED) is 0.696. The van der Waals surface area contributed by atoms with E-state index in [9.17, 15) is 9.59 Å². The number of hydrogen-bond donors (Lipinski definition) is 2. The summed E-state index contributed by atoms with van der Waals surface area (Å²) >= 11 is 1.43. The summed E-state index contributed by atoms with van der Waals surface area (Å²) in [4.78, 5) is 23.3. The fourth-order valence-electron chi connectivity index (χ4n) is 2.21. The van der Waals surface area contributed by atoms with Gasteiger partial charge in [0.25, 0.3) is 5.91 Å². The third kappa shape index (κ3) is 4.73. The molecule has 0 aliphatic rings. The first-order valence-electron chi connectivity index (χ1n) is 7.39. The number of thiophene rings is 1. The van der Waals surface area contributed by atoms with Gasteiger partial charge in [-0.2, -0.15) is 0 Å². The minimum absolute atomic E-state index is 0.0516. The number of nitrogens with zero attached hydrogens (tertiary/aromatic N) is 1. The molecule has 2 N–H and O–H groups in total.